The van der Waals surface area contributed by atoms with Crippen LogP contribution in [0.25, 0.3) is 0 Å². The summed E-state index contributed by atoms with van der Waals surface area (Å²) in [6, 6.07) is 0. The quantitative estimate of drug-likeness (QED) is 0.542. The summed E-state index contributed by atoms with van der Waals surface area (Å²) >= 11 is 0. The Hall–Kier alpha value is 0.500. The first-order valence-electron chi connectivity index (χ1n) is 2.21. The summed E-state index contributed by atoms with van der Waals surface area (Å²) in [5.41, 5.74) is 0. The average molecular weight is 200 g/mol. The molecule has 0 aromatic rings. The van der Waals surface area contributed by atoms with Crippen molar-refractivity contribution < 1.29 is 26.6 Å². The van der Waals surface area contributed by atoms with Crippen molar-refractivity contribution in [1.82, 2.24) is 0 Å². The molecule has 0 heterocycles. The highest BCUT2D eigenvalue weighted by molar-refractivity contribution is 7.63. The van der Waals surface area contributed by atoms with Crippen molar-refractivity contribution in [2.24, 2.45) is 0 Å². The second-order valence-corrected chi connectivity index (χ2v) is 4.91. The predicted molar refractivity (Wildman–Crippen MR) is 32.4 cm³/mol. The second-order valence-electron chi connectivity index (χ2n) is 1.64. The van der Waals surface area contributed by atoms with Crippen LogP contribution in [0.2, 0.25) is 0 Å². The van der Waals surface area contributed by atoms with Crippen LogP contribution in [-0.2, 0) is 0 Å². The Morgan fingerprint density at radius 1 is 0.800 bits per heavy atom. The van der Waals surface area contributed by atoms with Gasteiger partial charge in [-0.1, -0.05) is 0 Å². The molecule has 0 aromatic heterocycles. The van der Waals surface area contributed by atoms with E-state index in [-0.39, 0.29) is 0 Å². The third-order valence-corrected chi connectivity index (χ3v) is 2.51. The largest absolute Gasteiger partial charge is 0.522 e. The van der Waals surface area contributed by atoms with E-state index in [1.807, 2.05) is 0 Å². The van der Waals surface area contributed by atoms with Crippen LogP contribution in [0.5, 0.6) is 0 Å². The van der Waals surface area contributed by atoms with Crippen LogP contribution in [0.1, 0.15) is 0 Å². The van der Waals surface area contributed by atoms with Crippen LogP contribution in [0.3, 0.4) is 0 Å². The molecule has 0 amide bonds. The van der Waals surface area contributed by atoms with Gasteiger partial charge in [-0.2, -0.15) is 9.79 Å². The molecule has 0 saturated carbocycles. The molecule has 0 aliphatic heterocycles. The van der Waals surface area contributed by atoms with Crippen LogP contribution in [0, 0.1) is 0 Å². The summed E-state index contributed by atoms with van der Waals surface area (Å²) in [6.07, 6.45) is -2.57. The molecule has 0 aliphatic carbocycles. The van der Waals surface area contributed by atoms with E-state index in [1.165, 1.54) is 0 Å². The van der Waals surface area contributed by atoms with E-state index in [0.717, 1.165) is 0 Å². The molecule has 2 nitrogen and oxygen atoms in total. The van der Waals surface area contributed by atoms with E-state index in [1.54, 1.807) is 0 Å². The number of hydrogen-bond acceptors (Lipinski definition) is 2. The molecule has 8 heteroatoms. The summed E-state index contributed by atoms with van der Waals surface area (Å²) in [4.78, 5) is 15.5. The van der Waals surface area contributed by atoms with Crippen molar-refractivity contribution in [3.63, 3.8) is 0 Å². The van der Waals surface area contributed by atoms with Crippen LogP contribution in [-0.4, -0.2) is 22.1 Å². The normalized spacial score (nSPS) is 13.8. The Bertz CT molecular complexity index is 92.8. The number of hydrogen-bond donors (Lipinski definition) is 2. The van der Waals surface area contributed by atoms with Gasteiger partial charge in [-0.25, -0.2) is 0 Å². The highest BCUT2D eigenvalue weighted by Crippen LogP contribution is 2.65. The van der Waals surface area contributed by atoms with Gasteiger partial charge in [-0.3, -0.25) is 0 Å². The van der Waals surface area contributed by atoms with Gasteiger partial charge in [-0.05, 0) is 0 Å². The molecule has 0 spiro atoms. The summed E-state index contributed by atoms with van der Waals surface area (Å²) < 4.78 is 46.0. The highest BCUT2D eigenvalue weighted by Gasteiger charge is 2.49. The van der Waals surface area contributed by atoms with Gasteiger partial charge in [0.15, 0.2) is 12.3 Å². The predicted octanol–water partition coefficient (Wildman–Crippen LogP) is 2.37. The van der Waals surface area contributed by atoms with Crippen molar-refractivity contribution in [1.29, 1.82) is 0 Å². The van der Waals surface area contributed by atoms with E-state index in [4.69, 9.17) is 9.79 Å². The lowest BCUT2D eigenvalue weighted by molar-refractivity contribution is 0.449. The molecule has 0 bridgehead atoms. The van der Waals surface area contributed by atoms with Crippen molar-refractivity contribution >= 4 is 16.2 Å². The maximum absolute atomic E-state index is 11.5. The molecule has 0 radical (unpaired) electrons. The first-order chi connectivity index (χ1) is 4.21. The minimum Gasteiger partial charge on any atom is -0.184 e. The molecule has 0 rings (SSSR count). The smallest absolute Gasteiger partial charge is 0.184 e. The first-order valence-corrected chi connectivity index (χ1v) is 5.63. The van der Waals surface area contributed by atoms with Gasteiger partial charge in [-0.15, -0.1) is 0 Å². The standard InChI is InChI=1S/C2H6F4O2P2/c3-9(4,7)1-2-10(5,6)8/h7-8H,1-2H2/q+2. The molecule has 0 aromatic carbocycles. The van der Waals surface area contributed by atoms with Gasteiger partial charge >= 0.3 is 16.2 Å². The first kappa shape index (κ1) is 10.5. The maximum Gasteiger partial charge on any atom is 0.522 e. The topological polar surface area (TPSA) is 40.5 Å². The Balaban J connectivity index is 3.56. The zero-order chi connectivity index (χ0) is 8.41. The van der Waals surface area contributed by atoms with Crippen molar-refractivity contribution in [3.05, 3.63) is 0 Å². The average Bonchev–Trinajstić information content (AvgIpc) is 1.57. The fourth-order valence-electron chi connectivity index (χ4n) is 0.241. The zero-order valence-electron chi connectivity index (χ0n) is 4.71. The summed E-state index contributed by atoms with van der Waals surface area (Å²) in [6.45, 7) is 0. The monoisotopic (exact) mass is 200 g/mol. The molecule has 2 N–H and O–H groups in total. The molecule has 0 saturated heterocycles. The van der Waals surface area contributed by atoms with Crippen LogP contribution < -0.4 is 0 Å². The van der Waals surface area contributed by atoms with Gasteiger partial charge in [0.2, 0.25) is 0 Å². The minimum atomic E-state index is -5.12. The zero-order valence-corrected chi connectivity index (χ0v) is 6.50. The fraction of sp³-hybridized carbons (Fsp3) is 1.00. The fourth-order valence-corrected chi connectivity index (χ4v) is 2.17. The van der Waals surface area contributed by atoms with E-state index in [0.29, 0.717) is 0 Å². The molecule has 0 aliphatic rings. The van der Waals surface area contributed by atoms with Gasteiger partial charge in [0.1, 0.15) is 0 Å². The van der Waals surface area contributed by atoms with Crippen LogP contribution in [0.15, 0.2) is 0 Å². The SMILES string of the molecule is O[P+](F)(F)CC[P+](O)(F)F. The lowest BCUT2D eigenvalue weighted by Crippen LogP contribution is -1.94. The molecule has 0 atom stereocenters. The number of rotatable bonds is 3. The summed E-state index contributed by atoms with van der Waals surface area (Å²) in [5.74, 6) is 0. The van der Waals surface area contributed by atoms with E-state index >= 15 is 0 Å². The van der Waals surface area contributed by atoms with E-state index in [9.17, 15) is 16.8 Å². The maximum atomic E-state index is 11.5. The van der Waals surface area contributed by atoms with E-state index in [2.05, 4.69) is 0 Å². The molecule has 62 valence electrons. The Kier molecular flexibility index (Phi) is 3.43. The van der Waals surface area contributed by atoms with Crippen molar-refractivity contribution in [2.45, 2.75) is 0 Å². The molecule has 0 unspecified atom stereocenters. The van der Waals surface area contributed by atoms with E-state index < -0.39 is 28.5 Å². The van der Waals surface area contributed by atoms with Crippen LogP contribution in [0.4, 0.5) is 16.8 Å². The minimum absolute atomic E-state index is 1.29. The number of halogens is 4. The van der Waals surface area contributed by atoms with Gasteiger partial charge in [0, 0.05) is 16.8 Å². The van der Waals surface area contributed by atoms with Crippen LogP contribution >= 0.6 is 16.2 Å². The van der Waals surface area contributed by atoms with Gasteiger partial charge < -0.3 is 0 Å². The Morgan fingerprint density at radius 3 is 1.10 bits per heavy atom. The summed E-state index contributed by atoms with van der Waals surface area (Å²) in [5, 5.41) is 0. The molecule has 10 heavy (non-hydrogen) atoms. The van der Waals surface area contributed by atoms with Crippen molar-refractivity contribution in [2.75, 3.05) is 12.3 Å². The third kappa shape index (κ3) is 8.50. The molecular weight excluding hydrogens is 194 g/mol. The molecule has 0 fully saturated rings. The lowest BCUT2D eigenvalue weighted by Gasteiger charge is -1.94. The summed E-state index contributed by atoms with van der Waals surface area (Å²) in [7, 11) is -10.2. The lowest BCUT2D eigenvalue weighted by atomic mass is 11.0. The Morgan fingerprint density at radius 2 is 1.00 bits per heavy atom. The highest BCUT2D eigenvalue weighted by atomic mass is 31.3. The molecular formula is C2H6F4O2P2+2. The van der Waals surface area contributed by atoms with Gasteiger partial charge in [0.25, 0.3) is 0 Å². The van der Waals surface area contributed by atoms with Gasteiger partial charge in [0.05, 0.1) is 0 Å². The van der Waals surface area contributed by atoms with Crippen molar-refractivity contribution in [3.8, 4) is 0 Å². The second kappa shape index (κ2) is 3.26. The third-order valence-electron chi connectivity index (χ3n) is 0.638. The Labute approximate surface area is 56.2 Å².